The van der Waals surface area contributed by atoms with Gasteiger partial charge in [0.25, 0.3) is 5.91 Å². The van der Waals surface area contributed by atoms with E-state index in [1.54, 1.807) is 18.2 Å². The van der Waals surface area contributed by atoms with Gasteiger partial charge in [0, 0.05) is 30.6 Å². The Hall–Kier alpha value is -2.70. The minimum absolute atomic E-state index is 0.136. The van der Waals surface area contributed by atoms with Crippen molar-refractivity contribution in [2.24, 2.45) is 5.92 Å². The van der Waals surface area contributed by atoms with E-state index in [2.05, 4.69) is 15.5 Å². The van der Waals surface area contributed by atoms with E-state index in [-0.39, 0.29) is 23.2 Å². The predicted molar refractivity (Wildman–Crippen MR) is 108 cm³/mol. The molecule has 0 bridgehead atoms. The van der Waals surface area contributed by atoms with Crippen LogP contribution in [0.1, 0.15) is 67.0 Å². The number of rotatable bonds is 4. The highest BCUT2D eigenvalue weighted by Gasteiger charge is 2.30. The maximum atomic E-state index is 13.7. The fourth-order valence-electron chi connectivity index (χ4n) is 4.43. The van der Waals surface area contributed by atoms with Gasteiger partial charge in [-0.3, -0.25) is 14.7 Å². The monoisotopic (exact) mass is 398 g/mol. The number of piperidine rings is 1. The predicted octanol–water partition coefficient (Wildman–Crippen LogP) is 4.09. The molecule has 0 spiro atoms. The lowest BCUT2D eigenvalue weighted by Gasteiger charge is -2.34. The van der Waals surface area contributed by atoms with E-state index in [9.17, 15) is 14.0 Å². The molecule has 1 saturated heterocycles. The van der Waals surface area contributed by atoms with E-state index in [1.165, 1.54) is 31.4 Å². The first-order chi connectivity index (χ1) is 14.1. The third-order valence-corrected chi connectivity index (χ3v) is 6.15. The first kappa shape index (κ1) is 19.6. The number of para-hydroxylation sites is 1. The Labute approximate surface area is 169 Å². The summed E-state index contributed by atoms with van der Waals surface area (Å²) in [6.07, 6.45) is 7.35. The molecule has 2 amide bonds. The molecule has 4 rings (SSSR count). The highest BCUT2D eigenvalue weighted by molar-refractivity contribution is 6.03. The van der Waals surface area contributed by atoms with Crippen LogP contribution < -0.4 is 5.32 Å². The van der Waals surface area contributed by atoms with Gasteiger partial charge in [-0.1, -0.05) is 31.4 Å². The third-order valence-electron chi connectivity index (χ3n) is 6.15. The van der Waals surface area contributed by atoms with E-state index in [0.29, 0.717) is 5.91 Å². The summed E-state index contributed by atoms with van der Waals surface area (Å²) in [6.45, 7) is 1.49. The topological polar surface area (TPSA) is 78.1 Å². The molecule has 1 aromatic heterocycles. The van der Waals surface area contributed by atoms with Gasteiger partial charge in [-0.25, -0.2) is 4.39 Å². The lowest BCUT2D eigenvalue weighted by molar-refractivity contribution is -0.137. The number of carbonyl (C=O) groups excluding carboxylic acids is 2. The zero-order valence-corrected chi connectivity index (χ0v) is 16.5. The lowest BCUT2D eigenvalue weighted by Crippen LogP contribution is -2.41. The third kappa shape index (κ3) is 4.49. The maximum Gasteiger partial charge on any atom is 0.276 e. The second-order valence-corrected chi connectivity index (χ2v) is 8.08. The van der Waals surface area contributed by atoms with Crippen molar-refractivity contribution in [3.63, 3.8) is 0 Å². The second kappa shape index (κ2) is 8.76. The van der Waals surface area contributed by atoms with Crippen LogP contribution in [0.2, 0.25) is 0 Å². The van der Waals surface area contributed by atoms with Crippen LogP contribution in [0.4, 0.5) is 10.1 Å². The van der Waals surface area contributed by atoms with Crippen LogP contribution in [0.15, 0.2) is 30.3 Å². The summed E-state index contributed by atoms with van der Waals surface area (Å²) in [5.74, 6) is -0.152. The van der Waals surface area contributed by atoms with Gasteiger partial charge in [0.05, 0.1) is 5.69 Å². The highest BCUT2D eigenvalue weighted by atomic mass is 19.1. The van der Waals surface area contributed by atoms with Crippen molar-refractivity contribution < 1.29 is 14.0 Å². The molecule has 154 valence electrons. The first-order valence-electron chi connectivity index (χ1n) is 10.5. The molecule has 2 aliphatic rings. The Bertz CT molecular complexity index is 867. The van der Waals surface area contributed by atoms with Crippen LogP contribution in [0.5, 0.6) is 0 Å². The molecule has 1 aliphatic carbocycles. The van der Waals surface area contributed by atoms with E-state index >= 15 is 0 Å². The number of nitrogens with zero attached hydrogens (tertiary/aromatic N) is 2. The van der Waals surface area contributed by atoms with Crippen LogP contribution in [0.25, 0.3) is 0 Å². The van der Waals surface area contributed by atoms with E-state index in [4.69, 9.17) is 0 Å². The summed E-state index contributed by atoms with van der Waals surface area (Å²) >= 11 is 0. The minimum Gasteiger partial charge on any atom is -0.342 e. The number of likely N-dealkylation sites (tertiary alicyclic amines) is 1. The average molecular weight is 398 g/mol. The van der Waals surface area contributed by atoms with Crippen LogP contribution in [-0.2, 0) is 4.79 Å². The average Bonchev–Trinajstić information content (AvgIpc) is 3.26. The first-order valence-corrected chi connectivity index (χ1v) is 10.5. The highest BCUT2D eigenvalue weighted by Crippen LogP contribution is 2.31. The van der Waals surface area contributed by atoms with Crippen molar-refractivity contribution >= 4 is 17.5 Å². The molecule has 6 nitrogen and oxygen atoms in total. The van der Waals surface area contributed by atoms with Crippen molar-refractivity contribution in [1.82, 2.24) is 15.1 Å². The van der Waals surface area contributed by atoms with Crippen LogP contribution in [0.3, 0.4) is 0 Å². The molecule has 1 aliphatic heterocycles. The Morgan fingerprint density at radius 1 is 1.07 bits per heavy atom. The number of anilines is 1. The number of aromatic nitrogens is 2. The summed E-state index contributed by atoms with van der Waals surface area (Å²) in [4.78, 5) is 27.1. The molecule has 29 heavy (non-hydrogen) atoms. The van der Waals surface area contributed by atoms with Crippen molar-refractivity contribution in [3.8, 4) is 0 Å². The number of nitrogens with one attached hydrogen (secondary N) is 2. The quantitative estimate of drug-likeness (QED) is 0.814. The maximum absolute atomic E-state index is 13.7. The van der Waals surface area contributed by atoms with Gasteiger partial charge >= 0.3 is 0 Å². The number of carbonyl (C=O) groups is 2. The SMILES string of the molecule is O=C(Nc1ccccc1F)c1cc(C2CCN(C(=O)C3CCCCC3)CC2)[nH]n1. The molecular formula is C22H27FN4O2. The Balaban J connectivity index is 1.33. The fourth-order valence-corrected chi connectivity index (χ4v) is 4.43. The van der Waals surface area contributed by atoms with Gasteiger partial charge in [-0.2, -0.15) is 5.10 Å². The Morgan fingerprint density at radius 2 is 1.79 bits per heavy atom. The van der Waals surface area contributed by atoms with E-state index < -0.39 is 11.7 Å². The number of aromatic amines is 1. The number of hydrogen-bond donors (Lipinski definition) is 2. The molecule has 2 N–H and O–H groups in total. The fraction of sp³-hybridized carbons (Fsp3) is 0.500. The molecule has 2 heterocycles. The molecular weight excluding hydrogens is 371 g/mol. The Morgan fingerprint density at radius 3 is 2.52 bits per heavy atom. The molecule has 1 saturated carbocycles. The number of amides is 2. The van der Waals surface area contributed by atoms with Gasteiger partial charge in [0.1, 0.15) is 5.82 Å². The summed E-state index contributed by atoms with van der Waals surface area (Å²) < 4.78 is 13.7. The van der Waals surface area contributed by atoms with Crippen molar-refractivity contribution in [3.05, 3.63) is 47.5 Å². The van der Waals surface area contributed by atoms with Gasteiger partial charge in [-0.15, -0.1) is 0 Å². The van der Waals surface area contributed by atoms with Crippen molar-refractivity contribution in [2.75, 3.05) is 18.4 Å². The number of hydrogen-bond acceptors (Lipinski definition) is 3. The second-order valence-electron chi connectivity index (χ2n) is 8.08. The summed E-state index contributed by atoms with van der Waals surface area (Å²) in [5, 5.41) is 9.61. The molecule has 1 aromatic carbocycles. The standard InChI is InChI=1S/C22H27FN4O2/c23-17-8-4-5-9-18(17)24-21(28)20-14-19(25-26-20)15-10-12-27(13-11-15)22(29)16-6-2-1-3-7-16/h4-5,8-9,14-16H,1-3,6-7,10-13H2,(H,24,28)(H,25,26). The molecule has 7 heteroatoms. The molecule has 0 unspecified atom stereocenters. The molecule has 0 atom stereocenters. The minimum atomic E-state index is -0.480. The number of benzene rings is 1. The normalized spacial score (nSPS) is 18.6. The van der Waals surface area contributed by atoms with Gasteiger partial charge < -0.3 is 10.2 Å². The number of H-pyrrole nitrogens is 1. The zero-order valence-electron chi connectivity index (χ0n) is 16.5. The van der Waals surface area contributed by atoms with E-state index in [0.717, 1.165) is 44.5 Å². The summed E-state index contributed by atoms with van der Waals surface area (Å²) in [5.41, 5.74) is 1.27. The summed E-state index contributed by atoms with van der Waals surface area (Å²) in [7, 11) is 0. The largest absolute Gasteiger partial charge is 0.342 e. The Kier molecular flexibility index (Phi) is 5.92. The lowest BCUT2D eigenvalue weighted by atomic mass is 9.87. The van der Waals surface area contributed by atoms with Crippen molar-refractivity contribution in [2.45, 2.75) is 50.9 Å². The van der Waals surface area contributed by atoms with Gasteiger partial charge in [0.15, 0.2) is 5.69 Å². The van der Waals surface area contributed by atoms with Gasteiger partial charge in [-0.05, 0) is 43.9 Å². The zero-order chi connectivity index (χ0) is 20.2. The van der Waals surface area contributed by atoms with E-state index in [1.807, 2.05) is 4.90 Å². The number of halogens is 1. The molecule has 0 radical (unpaired) electrons. The van der Waals surface area contributed by atoms with Crippen LogP contribution in [-0.4, -0.2) is 40.0 Å². The smallest absolute Gasteiger partial charge is 0.276 e. The van der Waals surface area contributed by atoms with Crippen LogP contribution >= 0.6 is 0 Å². The van der Waals surface area contributed by atoms with Crippen LogP contribution in [0, 0.1) is 11.7 Å². The summed E-state index contributed by atoms with van der Waals surface area (Å²) in [6, 6.07) is 7.79. The van der Waals surface area contributed by atoms with Crippen molar-refractivity contribution in [1.29, 1.82) is 0 Å². The molecule has 2 fully saturated rings. The molecule has 2 aromatic rings. The van der Waals surface area contributed by atoms with Gasteiger partial charge in [0.2, 0.25) is 5.91 Å².